The number of thiophene rings is 1. The normalized spacial score (nSPS) is 15.9. The van der Waals surface area contributed by atoms with Gasteiger partial charge in [0.2, 0.25) is 0 Å². The van der Waals surface area contributed by atoms with Crippen molar-refractivity contribution in [3.8, 4) is 0 Å². The van der Waals surface area contributed by atoms with Gasteiger partial charge in [0.15, 0.2) is 9.92 Å². The molecule has 4 N–H and O–H groups in total. The van der Waals surface area contributed by atoms with E-state index in [1.54, 1.807) is 19.2 Å². The molecule has 0 bridgehead atoms. The summed E-state index contributed by atoms with van der Waals surface area (Å²) in [5.74, 6) is 0.221. The molecule has 2 aromatic rings. The van der Waals surface area contributed by atoms with E-state index in [1.165, 1.54) is 6.07 Å². The van der Waals surface area contributed by atoms with Gasteiger partial charge in [-0.15, -0.1) is 15.7 Å². The molecule has 1 aliphatic rings. The van der Waals surface area contributed by atoms with Crippen molar-refractivity contribution in [1.82, 2.24) is 4.98 Å². The third-order valence-electron chi connectivity index (χ3n) is 5.07. The smallest absolute Gasteiger partial charge is 0.354 e. The number of hydrogen-bond acceptors (Lipinski definition) is 5. The van der Waals surface area contributed by atoms with E-state index >= 15 is 0 Å². The molecule has 2 aromatic heterocycles. The highest BCUT2D eigenvalue weighted by molar-refractivity contribution is 7.93. The highest BCUT2D eigenvalue weighted by Crippen LogP contribution is 2.35. The Morgan fingerprint density at radius 2 is 2.10 bits per heavy atom. The number of carbonyl (C=O) groups excluding carboxylic acids is 1. The lowest BCUT2D eigenvalue weighted by Gasteiger charge is -2.18. The van der Waals surface area contributed by atoms with E-state index in [2.05, 4.69) is 23.5 Å². The zero-order valence-corrected chi connectivity index (χ0v) is 19.0. The largest absolute Gasteiger partial charge is 0.386 e. The number of aromatic nitrogens is 1. The Labute approximate surface area is 176 Å². The second kappa shape index (κ2) is 7.79. The number of hydrogen-bond donors (Lipinski definition) is 3. The van der Waals surface area contributed by atoms with Gasteiger partial charge in [0.1, 0.15) is 4.21 Å². The Morgan fingerprint density at radius 3 is 2.69 bits per heavy atom. The van der Waals surface area contributed by atoms with Crippen LogP contribution in [0.2, 0.25) is 0 Å². The van der Waals surface area contributed by atoms with Crippen LogP contribution in [0.4, 0.5) is 10.5 Å². The first kappa shape index (κ1) is 21.9. The fraction of sp³-hybridized carbons (Fsp3) is 0.500. The number of carbonyl (C=O) groups is 1. The molecule has 9 heteroatoms. The molecule has 0 radical (unpaired) electrons. The number of rotatable bonds is 4. The summed E-state index contributed by atoms with van der Waals surface area (Å²) in [7, 11) is -3.42. The van der Waals surface area contributed by atoms with Gasteiger partial charge < -0.3 is 10.4 Å². The number of aryl methyl sites for hydroxylation is 1. The fourth-order valence-corrected chi connectivity index (χ4v) is 5.80. The van der Waals surface area contributed by atoms with Crippen molar-refractivity contribution in [2.45, 2.75) is 69.6 Å². The molecule has 0 saturated heterocycles. The first-order chi connectivity index (χ1) is 13.4. The van der Waals surface area contributed by atoms with Crippen LogP contribution in [0.5, 0.6) is 0 Å². The minimum atomic E-state index is -3.42. The molecule has 7 nitrogen and oxygen atoms in total. The molecule has 2 amide bonds. The van der Waals surface area contributed by atoms with Crippen molar-refractivity contribution in [2.75, 3.05) is 5.32 Å². The minimum Gasteiger partial charge on any atom is -0.386 e. The second-order valence-electron chi connectivity index (χ2n) is 8.23. The Hall–Kier alpha value is -1.81. The molecule has 0 aliphatic heterocycles. The molecular weight excluding hydrogens is 408 g/mol. The SMILES string of the molecule is Cc1c(C(C)C)nc2c(c1NC(=O)N=[S@](N)(=O)c1cc(C(C)(C)O)cs1)CCC2. The van der Waals surface area contributed by atoms with Gasteiger partial charge in [-0.25, -0.2) is 14.1 Å². The molecule has 0 saturated carbocycles. The molecule has 2 heterocycles. The summed E-state index contributed by atoms with van der Waals surface area (Å²) in [5.41, 5.74) is 4.10. The number of nitrogens with two attached hydrogens (primary N) is 1. The number of aliphatic hydroxyl groups is 1. The number of anilines is 1. The number of nitrogens with one attached hydrogen (secondary N) is 1. The minimum absolute atomic E-state index is 0.221. The van der Waals surface area contributed by atoms with Crippen molar-refractivity contribution in [2.24, 2.45) is 9.50 Å². The monoisotopic (exact) mass is 436 g/mol. The Kier molecular flexibility index (Phi) is 5.88. The molecule has 3 rings (SSSR count). The summed E-state index contributed by atoms with van der Waals surface area (Å²) in [5, 5.41) is 20.5. The highest BCUT2D eigenvalue weighted by atomic mass is 32.2. The van der Waals surface area contributed by atoms with E-state index in [9.17, 15) is 14.1 Å². The quantitative estimate of drug-likeness (QED) is 0.665. The molecule has 158 valence electrons. The van der Waals surface area contributed by atoms with Crippen molar-refractivity contribution in [3.63, 3.8) is 0 Å². The fourth-order valence-electron chi connectivity index (χ4n) is 3.52. The summed E-state index contributed by atoms with van der Waals surface area (Å²) in [6.07, 6.45) is 2.72. The first-order valence-corrected chi connectivity index (χ1v) is 12.1. The molecular formula is C20H28N4O3S2. The van der Waals surface area contributed by atoms with Crippen LogP contribution in [-0.4, -0.2) is 20.3 Å². The zero-order valence-electron chi connectivity index (χ0n) is 17.4. The predicted molar refractivity (Wildman–Crippen MR) is 117 cm³/mol. The van der Waals surface area contributed by atoms with Crippen molar-refractivity contribution >= 4 is 33.0 Å². The van der Waals surface area contributed by atoms with Crippen LogP contribution in [0.1, 0.15) is 68.1 Å². The van der Waals surface area contributed by atoms with Gasteiger partial charge >= 0.3 is 6.03 Å². The lowest BCUT2D eigenvalue weighted by molar-refractivity contribution is 0.0789. The van der Waals surface area contributed by atoms with Crippen LogP contribution in [0, 0.1) is 6.92 Å². The molecule has 0 spiro atoms. The maximum atomic E-state index is 12.9. The highest BCUT2D eigenvalue weighted by Gasteiger charge is 2.25. The van der Waals surface area contributed by atoms with Crippen LogP contribution in [0.25, 0.3) is 0 Å². The Balaban J connectivity index is 1.95. The van der Waals surface area contributed by atoms with Gasteiger partial charge in [0.05, 0.1) is 11.3 Å². The summed E-state index contributed by atoms with van der Waals surface area (Å²) in [6, 6.07) is 0.796. The lowest BCUT2D eigenvalue weighted by Crippen LogP contribution is -2.19. The zero-order chi connectivity index (χ0) is 21.6. The number of pyridine rings is 1. The number of fused-ring (bicyclic) bond motifs is 1. The first-order valence-electron chi connectivity index (χ1n) is 9.59. The van der Waals surface area contributed by atoms with E-state index in [0.717, 1.165) is 53.1 Å². The number of amides is 2. The number of urea groups is 1. The average Bonchev–Trinajstić information content (AvgIpc) is 3.25. The van der Waals surface area contributed by atoms with Crippen molar-refractivity contribution < 1.29 is 14.1 Å². The van der Waals surface area contributed by atoms with Gasteiger partial charge in [-0.05, 0) is 74.1 Å². The summed E-state index contributed by atoms with van der Waals surface area (Å²) >= 11 is 1.12. The predicted octanol–water partition coefficient (Wildman–Crippen LogP) is 4.22. The molecule has 1 atom stereocenters. The van der Waals surface area contributed by atoms with Crippen LogP contribution >= 0.6 is 11.3 Å². The summed E-state index contributed by atoms with van der Waals surface area (Å²) in [4.78, 5) is 17.4. The topological polar surface area (TPSA) is 118 Å². The maximum absolute atomic E-state index is 12.9. The number of nitrogens with zero attached hydrogens (tertiary/aromatic N) is 2. The van der Waals surface area contributed by atoms with Crippen molar-refractivity contribution in [3.05, 3.63) is 39.5 Å². The third kappa shape index (κ3) is 4.53. The van der Waals surface area contributed by atoms with Gasteiger partial charge in [-0.2, -0.15) is 0 Å². The van der Waals surface area contributed by atoms with E-state index in [1.807, 2.05) is 6.92 Å². The second-order valence-corrected chi connectivity index (χ2v) is 11.2. The standard InChI is InChI=1S/C20H28N4O3S2/c1-11(2)17-12(3)18(14-7-6-8-15(14)22-17)23-19(25)24-29(21,27)16-9-13(10-28-16)20(4,5)26/h9-11,26H,6-8H2,1-5H3,(H3,21,22,23,24,25,27)/t29-/m0/s1. The van der Waals surface area contributed by atoms with Crippen LogP contribution in [0.15, 0.2) is 20.0 Å². The van der Waals surface area contributed by atoms with Gasteiger partial charge in [-0.3, -0.25) is 4.98 Å². The van der Waals surface area contributed by atoms with E-state index in [0.29, 0.717) is 11.3 Å². The van der Waals surface area contributed by atoms with Crippen LogP contribution in [0.3, 0.4) is 0 Å². The van der Waals surface area contributed by atoms with Crippen molar-refractivity contribution in [1.29, 1.82) is 0 Å². The van der Waals surface area contributed by atoms with Crippen LogP contribution < -0.4 is 10.5 Å². The molecule has 1 aliphatic carbocycles. The summed E-state index contributed by atoms with van der Waals surface area (Å²) < 4.78 is 16.9. The van der Waals surface area contributed by atoms with E-state index < -0.39 is 21.5 Å². The Bertz CT molecular complexity index is 1070. The van der Waals surface area contributed by atoms with E-state index in [4.69, 9.17) is 10.1 Å². The summed E-state index contributed by atoms with van der Waals surface area (Å²) in [6.45, 7) is 9.32. The van der Waals surface area contributed by atoms with Gasteiger partial charge in [-0.1, -0.05) is 13.8 Å². The van der Waals surface area contributed by atoms with Crippen LogP contribution in [-0.2, 0) is 28.4 Å². The third-order valence-corrected chi connectivity index (χ3v) is 7.93. The molecule has 29 heavy (non-hydrogen) atoms. The average molecular weight is 437 g/mol. The van der Waals surface area contributed by atoms with E-state index in [-0.39, 0.29) is 10.1 Å². The molecule has 0 aromatic carbocycles. The maximum Gasteiger partial charge on any atom is 0.354 e. The van der Waals surface area contributed by atoms with Gasteiger partial charge in [0, 0.05) is 11.4 Å². The lowest BCUT2D eigenvalue weighted by atomic mass is 9.99. The Morgan fingerprint density at radius 1 is 1.41 bits per heavy atom. The molecule has 0 unspecified atom stereocenters. The van der Waals surface area contributed by atoms with Gasteiger partial charge in [0.25, 0.3) is 0 Å². The molecule has 0 fully saturated rings.